The minimum absolute atomic E-state index is 0. The summed E-state index contributed by atoms with van der Waals surface area (Å²) in [7, 11) is 0. The number of nitrogens with one attached hydrogen (secondary N) is 1. The van der Waals surface area contributed by atoms with E-state index in [2.05, 4.69) is 24.1 Å². The Morgan fingerprint density at radius 2 is 2.06 bits per heavy atom. The Kier molecular flexibility index (Phi) is 5.26. The largest absolute Gasteiger partial charge is 0.341 e. The third kappa shape index (κ3) is 3.85. The van der Waals surface area contributed by atoms with Crippen molar-refractivity contribution in [2.24, 2.45) is 5.41 Å². The van der Waals surface area contributed by atoms with Crippen LogP contribution >= 0.6 is 12.4 Å². The molecule has 2 aliphatic heterocycles. The normalized spacial score (nSPS) is 28.4. The van der Waals surface area contributed by atoms with Crippen LogP contribution in [0, 0.1) is 5.41 Å². The highest BCUT2D eigenvalue weighted by Gasteiger charge is 2.32. The molecule has 3 nitrogen and oxygen atoms in total. The van der Waals surface area contributed by atoms with E-state index in [0.29, 0.717) is 11.3 Å². The zero-order valence-electron chi connectivity index (χ0n) is 11.0. The maximum atomic E-state index is 12.3. The molecular weight excluding hydrogens is 236 g/mol. The van der Waals surface area contributed by atoms with Gasteiger partial charge >= 0.3 is 0 Å². The molecule has 0 radical (unpaired) electrons. The molecule has 100 valence electrons. The summed E-state index contributed by atoms with van der Waals surface area (Å²) in [6, 6.07) is 0.0997. The molecule has 2 heterocycles. The Bertz CT molecular complexity index is 262. The monoisotopic (exact) mass is 260 g/mol. The third-order valence-electron chi connectivity index (χ3n) is 3.82. The van der Waals surface area contributed by atoms with Gasteiger partial charge in [-0.05, 0) is 37.6 Å². The SMILES string of the molecule is CC1(C)CCCN(C(=O)[C@@H]2CCCCN2)C1.Cl. The lowest BCUT2D eigenvalue weighted by atomic mass is 9.84. The van der Waals surface area contributed by atoms with Crippen molar-refractivity contribution in [2.75, 3.05) is 19.6 Å². The zero-order chi connectivity index (χ0) is 11.6. The summed E-state index contributed by atoms with van der Waals surface area (Å²) in [6.45, 7) is 7.43. The lowest BCUT2D eigenvalue weighted by molar-refractivity contribution is -0.137. The molecule has 17 heavy (non-hydrogen) atoms. The molecule has 1 N–H and O–H groups in total. The molecule has 2 fully saturated rings. The van der Waals surface area contributed by atoms with Gasteiger partial charge in [0.1, 0.15) is 0 Å². The Labute approximate surface area is 111 Å². The first-order chi connectivity index (χ1) is 7.58. The van der Waals surface area contributed by atoms with Crippen LogP contribution in [0.4, 0.5) is 0 Å². The average Bonchev–Trinajstić information content (AvgIpc) is 2.28. The molecule has 0 aliphatic carbocycles. The fraction of sp³-hybridized carbons (Fsp3) is 0.923. The fourth-order valence-corrected chi connectivity index (χ4v) is 2.89. The molecule has 0 aromatic rings. The molecule has 1 atom stereocenters. The van der Waals surface area contributed by atoms with E-state index in [9.17, 15) is 4.79 Å². The smallest absolute Gasteiger partial charge is 0.239 e. The quantitative estimate of drug-likeness (QED) is 0.784. The van der Waals surface area contributed by atoms with Gasteiger partial charge < -0.3 is 10.2 Å². The first-order valence-corrected chi connectivity index (χ1v) is 6.61. The van der Waals surface area contributed by atoms with E-state index >= 15 is 0 Å². The van der Waals surface area contributed by atoms with Crippen LogP contribution in [0.5, 0.6) is 0 Å². The van der Waals surface area contributed by atoms with Crippen LogP contribution in [0.15, 0.2) is 0 Å². The lowest BCUT2D eigenvalue weighted by Gasteiger charge is -2.40. The van der Waals surface area contributed by atoms with E-state index in [4.69, 9.17) is 0 Å². The summed E-state index contributed by atoms with van der Waals surface area (Å²) in [5, 5.41) is 3.35. The minimum Gasteiger partial charge on any atom is -0.341 e. The lowest BCUT2D eigenvalue weighted by Crippen LogP contribution is -2.52. The second-order valence-electron chi connectivity index (χ2n) is 6.03. The van der Waals surface area contributed by atoms with E-state index < -0.39 is 0 Å². The van der Waals surface area contributed by atoms with Gasteiger partial charge in [-0.25, -0.2) is 0 Å². The fourth-order valence-electron chi connectivity index (χ4n) is 2.89. The van der Waals surface area contributed by atoms with E-state index in [0.717, 1.165) is 32.5 Å². The van der Waals surface area contributed by atoms with Crippen LogP contribution < -0.4 is 5.32 Å². The topological polar surface area (TPSA) is 32.3 Å². The standard InChI is InChI=1S/C13H24N2O.ClH/c1-13(2)7-5-9-15(10-13)12(16)11-6-3-4-8-14-11;/h11,14H,3-10H2,1-2H3;1H/t11-;/m0./s1. The summed E-state index contributed by atoms with van der Waals surface area (Å²) < 4.78 is 0. The van der Waals surface area contributed by atoms with Gasteiger partial charge in [0.25, 0.3) is 0 Å². The number of likely N-dealkylation sites (tertiary alicyclic amines) is 1. The van der Waals surface area contributed by atoms with Crippen molar-refractivity contribution in [1.82, 2.24) is 10.2 Å². The molecule has 2 saturated heterocycles. The number of halogens is 1. The first-order valence-electron chi connectivity index (χ1n) is 6.61. The van der Waals surface area contributed by atoms with Crippen molar-refractivity contribution in [3.05, 3.63) is 0 Å². The van der Waals surface area contributed by atoms with E-state index in [-0.39, 0.29) is 18.4 Å². The summed E-state index contributed by atoms with van der Waals surface area (Å²) >= 11 is 0. The van der Waals surface area contributed by atoms with Crippen molar-refractivity contribution < 1.29 is 4.79 Å². The third-order valence-corrected chi connectivity index (χ3v) is 3.82. The average molecular weight is 261 g/mol. The molecule has 0 unspecified atom stereocenters. The zero-order valence-corrected chi connectivity index (χ0v) is 11.8. The number of nitrogens with zero attached hydrogens (tertiary/aromatic N) is 1. The Hall–Kier alpha value is -0.280. The van der Waals surface area contributed by atoms with Crippen molar-refractivity contribution in [3.63, 3.8) is 0 Å². The van der Waals surface area contributed by atoms with Gasteiger partial charge in [0, 0.05) is 13.1 Å². The Morgan fingerprint density at radius 3 is 2.65 bits per heavy atom. The number of carbonyl (C=O) groups is 1. The Morgan fingerprint density at radius 1 is 1.29 bits per heavy atom. The van der Waals surface area contributed by atoms with Crippen LogP contribution in [-0.2, 0) is 4.79 Å². The number of rotatable bonds is 1. The van der Waals surface area contributed by atoms with E-state index in [1.54, 1.807) is 0 Å². The Balaban J connectivity index is 0.00000144. The van der Waals surface area contributed by atoms with E-state index in [1.807, 2.05) is 0 Å². The van der Waals surface area contributed by atoms with Crippen molar-refractivity contribution in [1.29, 1.82) is 0 Å². The number of hydrogen-bond donors (Lipinski definition) is 1. The predicted molar refractivity (Wildman–Crippen MR) is 72.5 cm³/mol. The van der Waals surface area contributed by atoms with E-state index in [1.165, 1.54) is 19.3 Å². The number of hydrogen-bond acceptors (Lipinski definition) is 2. The van der Waals surface area contributed by atoms with Crippen molar-refractivity contribution in [2.45, 2.75) is 52.0 Å². The summed E-state index contributed by atoms with van der Waals surface area (Å²) in [5.74, 6) is 0.340. The number of carbonyl (C=O) groups excluding carboxylic acids is 1. The highest BCUT2D eigenvalue weighted by molar-refractivity contribution is 5.85. The number of piperidine rings is 2. The molecule has 0 aromatic carbocycles. The molecule has 1 amide bonds. The molecular formula is C13H25ClN2O. The molecule has 4 heteroatoms. The summed E-state index contributed by atoms with van der Waals surface area (Å²) in [6.07, 6.45) is 5.84. The van der Waals surface area contributed by atoms with Crippen LogP contribution in [-0.4, -0.2) is 36.5 Å². The predicted octanol–water partition coefficient (Wildman–Crippen LogP) is 2.20. The van der Waals surface area contributed by atoms with Crippen LogP contribution in [0.2, 0.25) is 0 Å². The second kappa shape index (κ2) is 6.05. The molecule has 0 spiro atoms. The van der Waals surface area contributed by atoms with Gasteiger partial charge in [-0.1, -0.05) is 20.3 Å². The molecule has 0 bridgehead atoms. The molecule has 2 aliphatic rings. The van der Waals surface area contributed by atoms with Crippen molar-refractivity contribution in [3.8, 4) is 0 Å². The van der Waals surface area contributed by atoms with Gasteiger partial charge in [-0.3, -0.25) is 4.79 Å². The first kappa shape index (κ1) is 14.8. The highest BCUT2D eigenvalue weighted by Crippen LogP contribution is 2.29. The summed E-state index contributed by atoms with van der Waals surface area (Å²) in [5.41, 5.74) is 0.308. The van der Waals surface area contributed by atoms with Gasteiger partial charge in [-0.2, -0.15) is 0 Å². The molecule has 0 saturated carbocycles. The van der Waals surface area contributed by atoms with Gasteiger partial charge in [0.05, 0.1) is 6.04 Å². The summed E-state index contributed by atoms with van der Waals surface area (Å²) in [4.78, 5) is 14.4. The van der Waals surface area contributed by atoms with Gasteiger partial charge in [0.15, 0.2) is 0 Å². The van der Waals surface area contributed by atoms with Gasteiger partial charge in [-0.15, -0.1) is 12.4 Å². The van der Waals surface area contributed by atoms with Crippen LogP contribution in [0.1, 0.15) is 46.0 Å². The maximum absolute atomic E-state index is 12.3. The maximum Gasteiger partial charge on any atom is 0.239 e. The second-order valence-corrected chi connectivity index (χ2v) is 6.03. The van der Waals surface area contributed by atoms with Gasteiger partial charge in [0.2, 0.25) is 5.91 Å². The molecule has 2 rings (SSSR count). The van der Waals surface area contributed by atoms with Crippen LogP contribution in [0.3, 0.4) is 0 Å². The number of amides is 1. The minimum atomic E-state index is 0. The molecule has 0 aromatic heterocycles. The van der Waals surface area contributed by atoms with Crippen molar-refractivity contribution >= 4 is 18.3 Å². The highest BCUT2D eigenvalue weighted by atomic mass is 35.5. The van der Waals surface area contributed by atoms with Crippen LogP contribution in [0.25, 0.3) is 0 Å².